The summed E-state index contributed by atoms with van der Waals surface area (Å²) in [4.78, 5) is 24.3. The Bertz CT molecular complexity index is 922. The Labute approximate surface area is 147 Å². The van der Waals surface area contributed by atoms with E-state index in [9.17, 15) is 9.59 Å². The summed E-state index contributed by atoms with van der Waals surface area (Å²) in [7, 11) is 0. The van der Waals surface area contributed by atoms with Crippen LogP contribution in [0.5, 0.6) is 0 Å². The summed E-state index contributed by atoms with van der Waals surface area (Å²) in [5.74, 6) is -0.484. The maximum Gasteiger partial charge on any atom is 0.248 e. The van der Waals surface area contributed by atoms with Crippen LogP contribution in [0.4, 0.5) is 5.69 Å². The summed E-state index contributed by atoms with van der Waals surface area (Å²) in [6.07, 6.45) is 0. The zero-order chi connectivity index (χ0) is 17.8. The number of hydrogen-bond donors (Lipinski definition) is 2. The monoisotopic (exact) mass is 356 g/mol. The van der Waals surface area contributed by atoms with E-state index in [1.807, 2.05) is 0 Å². The fourth-order valence-electron chi connectivity index (χ4n) is 2.10. The molecule has 0 unspecified atom stereocenters. The van der Waals surface area contributed by atoms with Gasteiger partial charge in [-0.25, -0.2) is 0 Å². The van der Waals surface area contributed by atoms with E-state index in [0.29, 0.717) is 27.7 Å². The van der Waals surface area contributed by atoms with Crippen LogP contribution in [0.2, 0.25) is 5.02 Å². The molecule has 0 radical (unpaired) electrons. The summed E-state index contributed by atoms with van der Waals surface area (Å²) in [6.45, 7) is -0.0983. The number of nitrogens with one attached hydrogen (secondary N) is 1. The van der Waals surface area contributed by atoms with Gasteiger partial charge in [-0.1, -0.05) is 29.8 Å². The van der Waals surface area contributed by atoms with Gasteiger partial charge in [0.25, 0.3) is 0 Å². The average Bonchev–Trinajstić information content (AvgIpc) is 3.03. The van der Waals surface area contributed by atoms with Gasteiger partial charge in [-0.3, -0.25) is 9.59 Å². The molecule has 3 N–H and O–H groups in total. The molecule has 3 aromatic rings. The number of carbonyl (C=O) groups is 2. The van der Waals surface area contributed by atoms with E-state index in [1.165, 1.54) is 4.80 Å². The van der Waals surface area contributed by atoms with Crippen molar-refractivity contribution in [1.82, 2.24) is 20.2 Å². The molecule has 9 heteroatoms. The number of aromatic nitrogens is 4. The third-order valence-electron chi connectivity index (χ3n) is 3.27. The predicted molar refractivity (Wildman–Crippen MR) is 91.9 cm³/mol. The molecule has 1 heterocycles. The minimum atomic E-state index is -0.513. The fraction of sp³-hybridized carbons (Fsp3) is 0.0625. The van der Waals surface area contributed by atoms with Crippen LogP contribution in [-0.4, -0.2) is 32.0 Å². The highest BCUT2D eigenvalue weighted by Gasteiger charge is 2.10. The zero-order valence-electron chi connectivity index (χ0n) is 12.9. The summed E-state index contributed by atoms with van der Waals surface area (Å²) in [5, 5.41) is 15.1. The third-order valence-corrected chi connectivity index (χ3v) is 3.51. The zero-order valence-corrected chi connectivity index (χ0v) is 13.6. The highest BCUT2D eigenvalue weighted by Crippen LogP contribution is 2.16. The van der Waals surface area contributed by atoms with Gasteiger partial charge in [0.05, 0.1) is 0 Å². The molecular formula is C16H13ClN6O2. The van der Waals surface area contributed by atoms with Gasteiger partial charge in [-0.15, -0.1) is 10.2 Å². The molecule has 0 aliphatic rings. The number of rotatable bonds is 5. The number of anilines is 1. The molecule has 1 aromatic heterocycles. The van der Waals surface area contributed by atoms with Crippen molar-refractivity contribution in [2.24, 2.45) is 5.73 Å². The largest absolute Gasteiger partial charge is 0.366 e. The van der Waals surface area contributed by atoms with Crippen LogP contribution in [0, 0.1) is 0 Å². The predicted octanol–water partition coefficient (Wildman–Crippen LogP) is 1.73. The Morgan fingerprint density at radius 2 is 1.92 bits per heavy atom. The average molecular weight is 357 g/mol. The Hall–Kier alpha value is -3.26. The fourth-order valence-corrected chi connectivity index (χ4v) is 2.29. The molecule has 0 saturated heterocycles. The molecule has 0 saturated carbocycles. The Kier molecular flexibility index (Phi) is 4.71. The molecule has 0 fully saturated rings. The first-order chi connectivity index (χ1) is 12.0. The van der Waals surface area contributed by atoms with Gasteiger partial charge in [0.1, 0.15) is 6.54 Å². The van der Waals surface area contributed by atoms with Crippen molar-refractivity contribution in [1.29, 1.82) is 0 Å². The molecule has 2 amide bonds. The van der Waals surface area contributed by atoms with Crippen LogP contribution in [0.3, 0.4) is 0 Å². The molecule has 8 nitrogen and oxygen atoms in total. The standard InChI is InChI=1S/C16H13ClN6O2/c17-12-2-1-3-13(8-12)19-14(24)9-23-21-16(20-22-23)11-6-4-10(5-7-11)15(18)25/h1-8H,9H2,(H2,18,25)(H,19,24). The van der Waals surface area contributed by atoms with Crippen molar-refractivity contribution in [3.63, 3.8) is 0 Å². The Morgan fingerprint density at radius 1 is 1.16 bits per heavy atom. The second-order valence-electron chi connectivity index (χ2n) is 5.14. The highest BCUT2D eigenvalue weighted by molar-refractivity contribution is 6.30. The smallest absolute Gasteiger partial charge is 0.248 e. The molecule has 0 aliphatic carbocycles. The Balaban J connectivity index is 1.67. The highest BCUT2D eigenvalue weighted by atomic mass is 35.5. The van der Waals surface area contributed by atoms with Gasteiger partial charge < -0.3 is 11.1 Å². The van der Waals surface area contributed by atoms with Gasteiger partial charge in [0, 0.05) is 21.8 Å². The minimum Gasteiger partial charge on any atom is -0.366 e. The van der Waals surface area contributed by atoms with E-state index in [0.717, 1.165) is 0 Å². The minimum absolute atomic E-state index is 0.0983. The number of tetrazole rings is 1. The number of hydrogen-bond acceptors (Lipinski definition) is 5. The van der Waals surface area contributed by atoms with E-state index in [2.05, 4.69) is 20.7 Å². The van der Waals surface area contributed by atoms with Crippen molar-refractivity contribution in [2.45, 2.75) is 6.54 Å². The van der Waals surface area contributed by atoms with Crippen molar-refractivity contribution < 1.29 is 9.59 Å². The van der Waals surface area contributed by atoms with Gasteiger partial charge in [-0.05, 0) is 35.5 Å². The van der Waals surface area contributed by atoms with Crippen LogP contribution >= 0.6 is 11.6 Å². The van der Waals surface area contributed by atoms with Crippen LogP contribution in [0.15, 0.2) is 48.5 Å². The lowest BCUT2D eigenvalue weighted by atomic mass is 10.1. The first-order valence-corrected chi connectivity index (χ1v) is 7.62. The number of carbonyl (C=O) groups excluding carboxylic acids is 2. The molecule has 126 valence electrons. The number of nitrogens with zero attached hydrogens (tertiary/aromatic N) is 4. The lowest BCUT2D eigenvalue weighted by molar-refractivity contribution is -0.117. The van der Waals surface area contributed by atoms with Gasteiger partial charge in [0.15, 0.2) is 0 Å². The molecule has 3 rings (SSSR count). The van der Waals surface area contributed by atoms with E-state index in [1.54, 1.807) is 48.5 Å². The molecule has 0 atom stereocenters. The summed E-state index contributed by atoms with van der Waals surface area (Å²) in [6, 6.07) is 13.3. The molecule has 0 bridgehead atoms. The first-order valence-electron chi connectivity index (χ1n) is 7.25. The van der Waals surface area contributed by atoms with Gasteiger partial charge >= 0.3 is 0 Å². The number of amides is 2. The molecular weight excluding hydrogens is 344 g/mol. The molecule has 0 spiro atoms. The van der Waals surface area contributed by atoms with E-state index < -0.39 is 5.91 Å². The lowest BCUT2D eigenvalue weighted by Gasteiger charge is -2.04. The second-order valence-corrected chi connectivity index (χ2v) is 5.58. The summed E-state index contributed by atoms with van der Waals surface area (Å²) < 4.78 is 0. The second kappa shape index (κ2) is 7.10. The number of primary amides is 1. The van der Waals surface area contributed by atoms with Crippen LogP contribution in [0.25, 0.3) is 11.4 Å². The maximum absolute atomic E-state index is 12.0. The van der Waals surface area contributed by atoms with Crippen LogP contribution < -0.4 is 11.1 Å². The van der Waals surface area contributed by atoms with E-state index in [-0.39, 0.29) is 12.5 Å². The first kappa shape index (κ1) is 16.6. The molecule has 0 aliphatic heterocycles. The number of benzene rings is 2. The summed E-state index contributed by atoms with van der Waals surface area (Å²) in [5.41, 5.74) is 6.82. The van der Waals surface area contributed by atoms with Crippen molar-refractivity contribution in [3.8, 4) is 11.4 Å². The van der Waals surface area contributed by atoms with Gasteiger partial charge in [0.2, 0.25) is 17.6 Å². The third kappa shape index (κ3) is 4.18. The van der Waals surface area contributed by atoms with Gasteiger partial charge in [-0.2, -0.15) is 4.80 Å². The SMILES string of the molecule is NC(=O)c1ccc(-c2nnn(CC(=O)Nc3cccc(Cl)c3)n2)cc1. The lowest BCUT2D eigenvalue weighted by Crippen LogP contribution is -2.20. The number of halogens is 1. The normalized spacial score (nSPS) is 10.4. The van der Waals surface area contributed by atoms with Crippen molar-refractivity contribution in [3.05, 3.63) is 59.1 Å². The number of nitrogens with two attached hydrogens (primary N) is 1. The summed E-state index contributed by atoms with van der Waals surface area (Å²) >= 11 is 5.87. The quantitative estimate of drug-likeness (QED) is 0.722. The Morgan fingerprint density at radius 3 is 2.60 bits per heavy atom. The van der Waals surface area contributed by atoms with E-state index >= 15 is 0 Å². The maximum atomic E-state index is 12.0. The van der Waals surface area contributed by atoms with Crippen molar-refractivity contribution >= 4 is 29.1 Å². The molecule has 25 heavy (non-hydrogen) atoms. The topological polar surface area (TPSA) is 116 Å². The van der Waals surface area contributed by atoms with Crippen LogP contribution in [-0.2, 0) is 11.3 Å². The van der Waals surface area contributed by atoms with E-state index in [4.69, 9.17) is 17.3 Å². The molecule has 2 aromatic carbocycles. The van der Waals surface area contributed by atoms with Crippen LogP contribution in [0.1, 0.15) is 10.4 Å². The van der Waals surface area contributed by atoms with Crippen molar-refractivity contribution in [2.75, 3.05) is 5.32 Å².